The Balaban J connectivity index is 1.30. The predicted octanol–water partition coefficient (Wildman–Crippen LogP) is 4.99. The molecule has 10 nitrogen and oxygen atoms in total. The number of benzene rings is 2. The molecule has 1 saturated heterocycles. The highest BCUT2D eigenvalue weighted by Crippen LogP contribution is 2.40. The maximum atomic E-state index is 13.2. The van der Waals surface area contributed by atoms with Crippen LogP contribution in [0.1, 0.15) is 15.9 Å². The normalized spacial score (nSPS) is 14.2. The molecule has 4 aromatic rings. The molecule has 0 bridgehead atoms. The number of hydrogen-bond donors (Lipinski definition) is 1. The smallest absolute Gasteiger partial charge is 0.293 e. The number of amides is 3. The van der Waals surface area contributed by atoms with Crippen LogP contribution in [0.3, 0.4) is 0 Å². The van der Waals surface area contributed by atoms with Crippen molar-refractivity contribution in [3.63, 3.8) is 0 Å². The van der Waals surface area contributed by atoms with Crippen LogP contribution in [0.2, 0.25) is 0 Å². The summed E-state index contributed by atoms with van der Waals surface area (Å²) in [6, 6.07) is 15.9. The molecule has 1 fully saturated rings. The van der Waals surface area contributed by atoms with E-state index in [-0.39, 0.29) is 23.9 Å². The summed E-state index contributed by atoms with van der Waals surface area (Å²) in [6.07, 6.45) is 3.13. The number of para-hydroxylation sites is 1. The number of furan rings is 1. The highest BCUT2D eigenvalue weighted by Gasteiger charge is 2.35. The molecule has 3 amide bonds. The molecule has 40 heavy (non-hydrogen) atoms. The lowest BCUT2D eigenvalue weighted by Gasteiger charge is -2.14. The van der Waals surface area contributed by atoms with Crippen LogP contribution in [-0.2, 0) is 4.79 Å². The van der Waals surface area contributed by atoms with Gasteiger partial charge in [-0.05, 0) is 59.8 Å². The van der Waals surface area contributed by atoms with Crippen molar-refractivity contribution in [3.8, 4) is 28.7 Å². The Morgan fingerprint density at radius 3 is 2.45 bits per heavy atom. The van der Waals surface area contributed by atoms with Crippen molar-refractivity contribution in [2.45, 2.75) is 0 Å². The average Bonchev–Trinajstić information content (AvgIpc) is 3.60. The number of rotatable bonds is 9. The minimum absolute atomic E-state index is 0.0110. The molecular weight excluding hydrogens is 534 g/mol. The molecule has 0 radical (unpaired) electrons. The second-order valence-electron chi connectivity index (χ2n) is 8.60. The minimum Gasteiger partial charge on any atom is -0.493 e. The van der Waals surface area contributed by atoms with E-state index in [4.69, 9.17) is 18.6 Å². The summed E-state index contributed by atoms with van der Waals surface area (Å²) in [5.74, 6) is 1.00. The second-order valence-corrected chi connectivity index (χ2v) is 9.59. The molecule has 0 saturated carbocycles. The van der Waals surface area contributed by atoms with Gasteiger partial charge < -0.3 is 23.9 Å². The third-order valence-corrected chi connectivity index (χ3v) is 7.12. The summed E-state index contributed by atoms with van der Waals surface area (Å²) in [7, 11) is 4.49. The zero-order valence-electron chi connectivity index (χ0n) is 21.9. The zero-order chi connectivity index (χ0) is 28.2. The van der Waals surface area contributed by atoms with Crippen molar-refractivity contribution in [1.29, 1.82) is 0 Å². The van der Waals surface area contributed by atoms with Crippen LogP contribution >= 0.6 is 11.8 Å². The first-order valence-corrected chi connectivity index (χ1v) is 13.0. The van der Waals surface area contributed by atoms with Gasteiger partial charge in [-0.1, -0.05) is 18.2 Å². The third kappa shape index (κ3) is 5.23. The van der Waals surface area contributed by atoms with Gasteiger partial charge in [0.25, 0.3) is 17.1 Å². The van der Waals surface area contributed by atoms with Crippen molar-refractivity contribution in [2.75, 3.05) is 34.4 Å². The first-order valence-electron chi connectivity index (χ1n) is 12.2. The van der Waals surface area contributed by atoms with Crippen molar-refractivity contribution in [1.82, 2.24) is 15.2 Å². The standard InChI is InChI=1S/C29H25N3O7S/c1-36-23-13-17(14-24(37-2)26(23)38-3)15-25-28(34)32(29(35)40-25)11-10-30-27(33)19-16-21(22-9-6-12-39-22)31-20-8-5-4-7-18(19)20/h4-9,12-16H,10-11H2,1-3H3,(H,30,33). The number of thioether (sulfide) groups is 1. The minimum atomic E-state index is -0.451. The number of nitrogens with one attached hydrogen (secondary N) is 1. The lowest BCUT2D eigenvalue weighted by Crippen LogP contribution is -2.37. The predicted molar refractivity (Wildman–Crippen MR) is 151 cm³/mol. The van der Waals surface area contributed by atoms with E-state index in [9.17, 15) is 14.4 Å². The van der Waals surface area contributed by atoms with Crippen LogP contribution in [0.25, 0.3) is 28.4 Å². The Bertz CT molecular complexity index is 1610. The zero-order valence-corrected chi connectivity index (χ0v) is 22.7. The van der Waals surface area contributed by atoms with E-state index in [1.807, 2.05) is 24.3 Å². The van der Waals surface area contributed by atoms with Gasteiger partial charge in [-0.25, -0.2) is 4.98 Å². The Morgan fingerprint density at radius 2 is 1.77 bits per heavy atom. The van der Waals surface area contributed by atoms with E-state index in [1.165, 1.54) is 21.3 Å². The maximum Gasteiger partial charge on any atom is 0.293 e. The highest BCUT2D eigenvalue weighted by atomic mass is 32.2. The SMILES string of the molecule is COc1cc(C=C2SC(=O)N(CCNC(=O)c3cc(-c4ccco4)nc4ccccc34)C2=O)cc(OC)c1OC. The van der Waals surface area contributed by atoms with Gasteiger partial charge in [0.15, 0.2) is 17.3 Å². The molecule has 0 unspecified atom stereocenters. The fraction of sp³-hybridized carbons (Fsp3) is 0.172. The van der Waals surface area contributed by atoms with E-state index in [2.05, 4.69) is 10.3 Å². The van der Waals surface area contributed by atoms with E-state index in [1.54, 1.807) is 42.7 Å². The number of hydrogen-bond acceptors (Lipinski definition) is 9. The number of ether oxygens (including phenoxy) is 3. The molecule has 5 rings (SSSR count). The largest absolute Gasteiger partial charge is 0.493 e. The number of carbonyl (C=O) groups is 3. The molecule has 1 N–H and O–H groups in total. The van der Waals surface area contributed by atoms with Gasteiger partial charge in [-0.3, -0.25) is 19.3 Å². The molecule has 11 heteroatoms. The Kier molecular flexibility index (Phi) is 7.74. The molecule has 3 heterocycles. The third-order valence-electron chi connectivity index (χ3n) is 6.21. The van der Waals surface area contributed by atoms with Crippen molar-refractivity contribution >= 4 is 45.8 Å². The molecule has 1 aliphatic rings. The van der Waals surface area contributed by atoms with Crippen molar-refractivity contribution in [3.05, 3.63) is 76.9 Å². The van der Waals surface area contributed by atoms with Crippen molar-refractivity contribution in [2.24, 2.45) is 0 Å². The average molecular weight is 560 g/mol. The van der Waals surface area contributed by atoms with Gasteiger partial charge in [0.05, 0.1) is 43.6 Å². The summed E-state index contributed by atoms with van der Waals surface area (Å²) in [5.41, 5.74) is 2.18. The Hall–Kier alpha value is -4.77. The summed E-state index contributed by atoms with van der Waals surface area (Å²) in [5, 5.41) is 3.07. The van der Waals surface area contributed by atoms with Gasteiger partial charge in [-0.15, -0.1) is 0 Å². The molecule has 0 aliphatic carbocycles. The fourth-order valence-corrected chi connectivity index (χ4v) is 5.18. The van der Waals surface area contributed by atoms with Crippen LogP contribution in [0.15, 0.2) is 70.2 Å². The van der Waals surface area contributed by atoms with Crippen molar-refractivity contribution < 1.29 is 33.0 Å². The summed E-state index contributed by atoms with van der Waals surface area (Å²) >= 11 is 0.825. The van der Waals surface area contributed by atoms with Crippen LogP contribution in [0.4, 0.5) is 4.79 Å². The molecular formula is C29H25N3O7S. The van der Waals surface area contributed by atoms with E-state index in [0.29, 0.717) is 50.7 Å². The quantitative estimate of drug-likeness (QED) is 0.283. The van der Waals surface area contributed by atoms with Crippen LogP contribution in [0.5, 0.6) is 17.2 Å². The lowest BCUT2D eigenvalue weighted by atomic mass is 10.1. The monoisotopic (exact) mass is 559 g/mol. The van der Waals surface area contributed by atoms with E-state index in [0.717, 1.165) is 16.7 Å². The van der Waals surface area contributed by atoms with Gasteiger partial charge in [0, 0.05) is 18.5 Å². The number of pyridine rings is 1. The first-order chi connectivity index (χ1) is 19.4. The lowest BCUT2D eigenvalue weighted by molar-refractivity contribution is -0.122. The molecule has 1 aliphatic heterocycles. The molecule has 0 atom stereocenters. The first kappa shape index (κ1) is 26.8. The van der Waals surface area contributed by atoms with Gasteiger partial charge in [-0.2, -0.15) is 0 Å². The number of fused-ring (bicyclic) bond motifs is 1. The van der Waals surface area contributed by atoms with E-state index >= 15 is 0 Å². The summed E-state index contributed by atoms with van der Waals surface area (Å²) < 4.78 is 21.5. The van der Waals surface area contributed by atoms with Gasteiger partial charge >= 0.3 is 0 Å². The van der Waals surface area contributed by atoms with Gasteiger partial charge in [0.1, 0.15) is 5.69 Å². The number of aromatic nitrogens is 1. The van der Waals surface area contributed by atoms with E-state index < -0.39 is 11.1 Å². The number of nitrogens with zero attached hydrogens (tertiary/aromatic N) is 2. The summed E-state index contributed by atoms with van der Waals surface area (Å²) in [6.45, 7) is 0.0815. The molecule has 0 spiro atoms. The maximum absolute atomic E-state index is 13.2. The molecule has 2 aromatic heterocycles. The number of methoxy groups -OCH3 is 3. The molecule has 204 valence electrons. The van der Waals surface area contributed by atoms with Crippen LogP contribution < -0.4 is 19.5 Å². The van der Waals surface area contributed by atoms with Gasteiger partial charge in [0.2, 0.25) is 5.75 Å². The highest BCUT2D eigenvalue weighted by molar-refractivity contribution is 8.18. The van der Waals surface area contributed by atoms with Crippen LogP contribution in [-0.4, -0.2) is 61.4 Å². The Labute approximate surface area is 233 Å². The topological polar surface area (TPSA) is 120 Å². The second kappa shape index (κ2) is 11.5. The number of imide groups is 1. The van der Waals surface area contributed by atoms with Crippen LogP contribution in [0, 0.1) is 0 Å². The summed E-state index contributed by atoms with van der Waals surface area (Å²) in [4.78, 5) is 44.8. The Morgan fingerprint density at radius 1 is 1.02 bits per heavy atom. The molecule has 2 aromatic carbocycles. The number of carbonyl (C=O) groups excluding carboxylic acids is 3. The fourth-order valence-electron chi connectivity index (χ4n) is 4.32.